The molecule has 19 heavy (non-hydrogen) atoms. The third-order valence-corrected chi connectivity index (χ3v) is 3.46. The Morgan fingerprint density at radius 1 is 1.21 bits per heavy atom. The highest BCUT2D eigenvalue weighted by atomic mass is 16.1. The number of hydrogen-bond acceptors (Lipinski definition) is 3. The lowest BCUT2D eigenvalue weighted by atomic mass is 10.4. The van der Waals surface area contributed by atoms with Crippen molar-refractivity contribution in [2.24, 2.45) is 0 Å². The average molecular weight is 268 g/mol. The van der Waals surface area contributed by atoms with Crippen molar-refractivity contribution >= 4 is 0 Å². The van der Waals surface area contributed by atoms with Crippen molar-refractivity contribution in [2.45, 2.75) is 40.3 Å². The summed E-state index contributed by atoms with van der Waals surface area (Å²) in [6.45, 7) is 14.2. The minimum Gasteiger partial charge on any atom is -0.314 e. The molecule has 5 heteroatoms. The van der Waals surface area contributed by atoms with Gasteiger partial charge in [-0.15, -0.1) is 0 Å². The molecule has 0 fully saturated rings. The first kappa shape index (κ1) is 16.0. The molecular weight excluding hydrogens is 240 g/mol. The largest absolute Gasteiger partial charge is 0.328 e. The molecule has 1 aromatic heterocycles. The van der Waals surface area contributed by atoms with Gasteiger partial charge in [-0.1, -0.05) is 13.8 Å². The minimum atomic E-state index is 0.0838. The number of imidazole rings is 1. The van der Waals surface area contributed by atoms with Crippen LogP contribution < -0.4 is 11.0 Å². The molecule has 1 aromatic rings. The van der Waals surface area contributed by atoms with Crippen molar-refractivity contribution in [3.05, 3.63) is 22.9 Å². The average Bonchev–Trinajstić information content (AvgIpc) is 2.75. The van der Waals surface area contributed by atoms with Crippen LogP contribution in [0.3, 0.4) is 0 Å². The Morgan fingerprint density at radius 2 is 1.89 bits per heavy atom. The van der Waals surface area contributed by atoms with E-state index in [4.69, 9.17) is 0 Å². The third-order valence-electron chi connectivity index (χ3n) is 3.46. The van der Waals surface area contributed by atoms with Gasteiger partial charge in [0.1, 0.15) is 0 Å². The summed E-state index contributed by atoms with van der Waals surface area (Å²) in [6.07, 6.45) is 3.73. The van der Waals surface area contributed by atoms with Crippen LogP contribution in [0.1, 0.15) is 33.7 Å². The second-order valence-corrected chi connectivity index (χ2v) is 5.05. The number of nitrogens with zero attached hydrogens (tertiary/aromatic N) is 3. The Bertz CT molecular complexity index is 404. The van der Waals surface area contributed by atoms with Crippen molar-refractivity contribution < 1.29 is 0 Å². The molecule has 0 radical (unpaired) electrons. The van der Waals surface area contributed by atoms with Crippen LogP contribution in [0.2, 0.25) is 0 Å². The summed E-state index contributed by atoms with van der Waals surface area (Å²) < 4.78 is 3.53. The Kier molecular flexibility index (Phi) is 6.87. The second-order valence-electron chi connectivity index (χ2n) is 5.05. The van der Waals surface area contributed by atoms with Crippen LogP contribution in [0.5, 0.6) is 0 Å². The van der Waals surface area contributed by atoms with Gasteiger partial charge in [-0.3, -0.25) is 9.13 Å². The van der Waals surface area contributed by atoms with Crippen molar-refractivity contribution in [1.82, 2.24) is 19.4 Å². The molecule has 110 valence electrons. The van der Waals surface area contributed by atoms with Crippen molar-refractivity contribution in [3.63, 3.8) is 0 Å². The molecule has 1 rings (SSSR count). The highest BCUT2D eigenvalue weighted by Crippen LogP contribution is 1.98. The maximum atomic E-state index is 12.0. The second kappa shape index (κ2) is 8.17. The quantitative estimate of drug-likeness (QED) is 0.684. The van der Waals surface area contributed by atoms with E-state index in [1.54, 1.807) is 9.13 Å². The number of aromatic nitrogens is 2. The van der Waals surface area contributed by atoms with Crippen LogP contribution in [-0.2, 0) is 6.54 Å². The number of hydrogen-bond donors (Lipinski definition) is 1. The zero-order chi connectivity index (χ0) is 14.3. The molecule has 0 saturated carbocycles. The van der Waals surface area contributed by atoms with E-state index >= 15 is 0 Å². The summed E-state index contributed by atoms with van der Waals surface area (Å²) in [5, 5.41) is 3.39. The molecule has 1 heterocycles. The van der Waals surface area contributed by atoms with Crippen LogP contribution >= 0.6 is 0 Å². The Balaban J connectivity index is 2.28. The summed E-state index contributed by atoms with van der Waals surface area (Å²) >= 11 is 0. The van der Waals surface area contributed by atoms with Crippen molar-refractivity contribution in [2.75, 3.05) is 32.7 Å². The molecule has 1 N–H and O–H groups in total. The van der Waals surface area contributed by atoms with Crippen molar-refractivity contribution in [1.29, 1.82) is 0 Å². The standard InChI is InChI=1S/C14H28N4O/c1-5-16(6-2)9-7-15-8-10-17-11-12-18(13(3)4)14(17)19/h11-13,15H,5-10H2,1-4H3. The van der Waals surface area contributed by atoms with Gasteiger partial charge in [0.2, 0.25) is 0 Å². The normalized spacial score (nSPS) is 11.7. The van der Waals surface area contributed by atoms with E-state index < -0.39 is 0 Å². The molecule has 5 nitrogen and oxygen atoms in total. The molecule has 0 unspecified atom stereocenters. The van der Waals surface area contributed by atoms with Crippen LogP contribution in [0, 0.1) is 0 Å². The summed E-state index contributed by atoms with van der Waals surface area (Å²) in [7, 11) is 0. The van der Waals surface area contributed by atoms with Gasteiger partial charge in [-0.25, -0.2) is 4.79 Å². The summed E-state index contributed by atoms with van der Waals surface area (Å²) in [4.78, 5) is 14.3. The van der Waals surface area contributed by atoms with E-state index in [0.29, 0.717) is 0 Å². The van der Waals surface area contributed by atoms with Gasteiger partial charge >= 0.3 is 5.69 Å². The number of nitrogens with one attached hydrogen (secondary N) is 1. The molecule has 0 aliphatic rings. The maximum Gasteiger partial charge on any atom is 0.328 e. The molecule has 0 atom stereocenters. The van der Waals surface area contributed by atoms with Crippen LogP contribution in [0.15, 0.2) is 17.2 Å². The topological polar surface area (TPSA) is 42.2 Å². The Hall–Kier alpha value is -1.07. The van der Waals surface area contributed by atoms with Crippen LogP contribution in [0.4, 0.5) is 0 Å². The minimum absolute atomic E-state index is 0.0838. The van der Waals surface area contributed by atoms with Gasteiger partial charge in [-0.2, -0.15) is 0 Å². The van der Waals surface area contributed by atoms with E-state index in [-0.39, 0.29) is 11.7 Å². The summed E-state index contributed by atoms with van der Waals surface area (Å²) in [6, 6.07) is 0.226. The van der Waals surface area contributed by atoms with Crippen LogP contribution in [0.25, 0.3) is 0 Å². The highest BCUT2D eigenvalue weighted by Gasteiger charge is 2.05. The lowest BCUT2D eigenvalue weighted by molar-refractivity contribution is 0.301. The summed E-state index contributed by atoms with van der Waals surface area (Å²) in [5.41, 5.74) is 0.0838. The number of likely N-dealkylation sites (N-methyl/N-ethyl adjacent to an activating group) is 1. The monoisotopic (exact) mass is 268 g/mol. The Labute approximate surface area is 116 Å². The molecule has 0 amide bonds. The van der Waals surface area contributed by atoms with Gasteiger partial charge in [0.15, 0.2) is 0 Å². The molecule has 0 bridgehead atoms. The van der Waals surface area contributed by atoms with Gasteiger partial charge < -0.3 is 10.2 Å². The third kappa shape index (κ3) is 4.84. The predicted octanol–water partition coefficient (Wildman–Crippen LogP) is 1.16. The van der Waals surface area contributed by atoms with E-state index in [1.807, 2.05) is 26.2 Å². The number of rotatable bonds is 9. The van der Waals surface area contributed by atoms with Gasteiger partial charge in [0.25, 0.3) is 0 Å². The lowest BCUT2D eigenvalue weighted by Gasteiger charge is -2.17. The first-order valence-electron chi connectivity index (χ1n) is 7.30. The summed E-state index contributed by atoms with van der Waals surface area (Å²) in [5.74, 6) is 0. The van der Waals surface area contributed by atoms with Gasteiger partial charge in [0.05, 0.1) is 0 Å². The molecule has 0 spiro atoms. The zero-order valence-electron chi connectivity index (χ0n) is 12.7. The van der Waals surface area contributed by atoms with Gasteiger partial charge in [0, 0.05) is 44.6 Å². The van der Waals surface area contributed by atoms with E-state index in [2.05, 4.69) is 24.1 Å². The first-order chi connectivity index (χ1) is 9.10. The van der Waals surface area contributed by atoms with E-state index in [0.717, 1.165) is 39.3 Å². The van der Waals surface area contributed by atoms with E-state index in [1.165, 1.54) is 0 Å². The van der Waals surface area contributed by atoms with Crippen LogP contribution in [-0.4, -0.2) is 46.8 Å². The molecule has 0 saturated heterocycles. The lowest BCUT2D eigenvalue weighted by Crippen LogP contribution is -2.34. The molecule has 0 aliphatic heterocycles. The molecule has 0 aliphatic carbocycles. The zero-order valence-corrected chi connectivity index (χ0v) is 12.7. The smallest absolute Gasteiger partial charge is 0.314 e. The first-order valence-corrected chi connectivity index (χ1v) is 7.30. The fourth-order valence-electron chi connectivity index (χ4n) is 2.09. The van der Waals surface area contributed by atoms with Crippen molar-refractivity contribution in [3.8, 4) is 0 Å². The fraction of sp³-hybridized carbons (Fsp3) is 0.786. The Morgan fingerprint density at radius 3 is 2.42 bits per heavy atom. The maximum absolute atomic E-state index is 12.0. The fourth-order valence-corrected chi connectivity index (χ4v) is 2.09. The van der Waals surface area contributed by atoms with Gasteiger partial charge in [-0.05, 0) is 26.9 Å². The van der Waals surface area contributed by atoms with E-state index in [9.17, 15) is 4.79 Å². The highest BCUT2D eigenvalue weighted by molar-refractivity contribution is 4.83. The SMILES string of the molecule is CCN(CC)CCNCCn1ccn(C(C)C)c1=O. The molecular formula is C14H28N4O. The predicted molar refractivity (Wildman–Crippen MR) is 79.7 cm³/mol. The molecule has 0 aromatic carbocycles.